The molecule has 1 heterocycles. The van der Waals surface area contributed by atoms with Crippen LogP contribution in [0.2, 0.25) is 5.02 Å². The van der Waals surface area contributed by atoms with Gasteiger partial charge >= 0.3 is 0 Å². The molecule has 0 aliphatic carbocycles. The Morgan fingerprint density at radius 1 is 1.07 bits per heavy atom. The Balaban J connectivity index is 1.57. The van der Waals surface area contributed by atoms with Crippen molar-refractivity contribution in [1.29, 1.82) is 0 Å². The highest BCUT2D eigenvalue weighted by atomic mass is 35.5. The Morgan fingerprint density at radius 2 is 1.80 bits per heavy atom. The maximum absolute atomic E-state index is 12.9. The number of hydrogen-bond donors (Lipinski definition) is 1. The van der Waals surface area contributed by atoms with Crippen molar-refractivity contribution in [2.24, 2.45) is 0 Å². The number of imidazole rings is 1. The molecular weight excluding hydrogens is 394 g/mol. The lowest BCUT2D eigenvalue weighted by Gasteiger charge is -2.17. The third-order valence-electron chi connectivity index (χ3n) is 5.37. The first-order valence-corrected chi connectivity index (χ1v) is 10.5. The average molecular weight is 418 g/mol. The van der Waals surface area contributed by atoms with E-state index < -0.39 is 0 Å². The summed E-state index contributed by atoms with van der Waals surface area (Å²) in [5.74, 6) is 0.825. The Morgan fingerprint density at radius 3 is 2.50 bits per heavy atom. The zero-order valence-corrected chi connectivity index (χ0v) is 17.9. The zero-order valence-electron chi connectivity index (χ0n) is 17.1. The number of nitrogens with zero attached hydrogens (tertiary/aromatic N) is 2. The lowest BCUT2D eigenvalue weighted by molar-refractivity contribution is 0.0935. The first kappa shape index (κ1) is 20.2. The van der Waals surface area contributed by atoms with E-state index >= 15 is 0 Å². The highest BCUT2D eigenvalue weighted by molar-refractivity contribution is 6.30. The number of amides is 1. The van der Waals surface area contributed by atoms with E-state index in [1.165, 1.54) is 0 Å². The fraction of sp³-hybridized carbons (Fsp3) is 0.200. The Kier molecular flexibility index (Phi) is 5.86. The van der Waals surface area contributed by atoms with Gasteiger partial charge in [-0.25, -0.2) is 4.98 Å². The molecule has 0 saturated carbocycles. The molecule has 3 aromatic carbocycles. The van der Waals surface area contributed by atoms with Crippen molar-refractivity contribution in [3.8, 4) is 0 Å². The summed E-state index contributed by atoms with van der Waals surface area (Å²) in [6.07, 6.45) is 0.826. The fourth-order valence-corrected chi connectivity index (χ4v) is 3.84. The number of rotatable bonds is 6. The molecule has 1 N–H and O–H groups in total. The number of fused-ring (bicyclic) bond motifs is 1. The molecule has 1 aromatic heterocycles. The summed E-state index contributed by atoms with van der Waals surface area (Å²) in [5, 5.41) is 3.87. The SMILES string of the molecule is CC[C@@H](NC(=O)c1ccc2c(c1)nc(C)n2Cc1ccc(Cl)cc1)c1ccccc1. The Labute approximate surface area is 181 Å². The predicted molar refractivity (Wildman–Crippen MR) is 122 cm³/mol. The van der Waals surface area contributed by atoms with Gasteiger partial charge in [0.1, 0.15) is 5.82 Å². The topological polar surface area (TPSA) is 46.9 Å². The molecule has 0 radical (unpaired) electrons. The van der Waals surface area contributed by atoms with Gasteiger partial charge in [0.25, 0.3) is 5.91 Å². The zero-order chi connectivity index (χ0) is 21.1. The van der Waals surface area contributed by atoms with Gasteiger partial charge in [-0.15, -0.1) is 0 Å². The molecule has 4 aromatic rings. The molecule has 0 saturated heterocycles. The fourth-order valence-electron chi connectivity index (χ4n) is 3.71. The molecule has 4 rings (SSSR count). The third kappa shape index (κ3) is 4.24. The summed E-state index contributed by atoms with van der Waals surface area (Å²) in [5.41, 5.74) is 4.71. The van der Waals surface area contributed by atoms with Gasteiger partial charge in [-0.3, -0.25) is 4.79 Å². The molecule has 1 atom stereocenters. The van der Waals surface area contributed by atoms with Gasteiger partial charge in [0.05, 0.1) is 17.1 Å². The van der Waals surface area contributed by atoms with Crippen molar-refractivity contribution in [3.05, 3.63) is 100 Å². The monoisotopic (exact) mass is 417 g/mol. The molecule has 0 fully saturated rings. The van der Waals surface area contributed by atoms with Crippen LogP contribution in [-0.4, -0.2) is 15.5 Å². The van der Waals surface area contributed by atoms with Crippen molar-refractivity contribution in [1.82, 2.24) is 14.9 Å². The summed E-state index contributed by atoms with van der Waals surface area (Å²) in [4.78, 5) is 17.6. The number of nitrogens with one attached hydrogen (secondary N) is 1. The van der Waals surface area contributed by atoms with Gasteiger partial charge in [-0.05, 0) is 54.8 Å². The van der Waals surface area contributed by atoms with E-state index in [9.17, 15) is 4.79 Å². The molecule has 30 heavy (non-hydrogen) atoms. The van der Waals surface area contributed by atoms with Crippen LogP contribution in [0.15, 0.2) is 72.8 Å². The number of hydrogen-bond acceptors (Lipinski definition) is 2. The molecule has 152 valence electrons. The van der Waals surface area contributed by atoms with Gasteiger partial charge in [0.2, 0.25) is 0 Å². The van der Waals surface area contributed by atoms with Gasteiger partial charge in [-0.2, -0.15) is 0 Å². The maximum Gasteiger partial charge on any atom is 0.251 e. The quantitative estimate of drug-likeness (QED) is 0.422. The van der Waals surface area contributed by atoms with E-state index in [1.54, 1.807) is 0 Å². The first-order valence-electron chi connectivity index (χ1n) is 10.1. The summed E-state index contributed by atoms with van der Waals surface area (Å²) in [6.45, 7) is 4.76. The number of carbonyl (C=O) groups excluding carboxylic acids is 1. The van der Waals surface area contributed by atoms with E-state index in [0.29, 0.717) is 12.1 Å². The Bertz CT molecular complexity index is 1170. The van der Waals surface area contributed by atoms with Crippen LogP contribution < -0.4 is 5.32 Å². The lowest BCUT2D eigenvalue weighted by atomic mass is 10.0. The highest BCUT2D eigenvalue weighted by Gasteiger charge is 2.16. The average Bonchev–Trinajstić information content (AvgIpc) is 3.08. The number of aromatic nitrogens is 2. The van der Waals surface area contributed by atoms with Gasteiger partial charge in [0.15, 0.2) is 0 Å². The number of benzene rings is 3. The van der Waals surface area contributed by atoms with E-state index in [0.717, 1.165) is 39.4 Å². The maximum atomic E-state index is 12.9. The molecule has 0 aliphatic heterocycles. The second-order valence-electron chi connectivity index (χ2n) is 7.42. The van der Waals surface area contributed by atoms with Crippen LogP contribution in [-0.2, 0) is 6.54 Å². The van der Waals surface area contributed by atoms with Crippen molar-refractivity contribution in [3.63, 3.8) is 0 Å². The van der Waals surface area contributed by atoms with Crippen LogP contribution >= 0.6 is 11.6 Å². The van der Waals surface area contributed by atoms with E-state index in [4.69, 9.17) is 11.6 Å². The normalized spacial score (nSPS) is 12.1. The minimum Gasteiger partial charge on any atom is -0.345 e. The van der Waals surface area contributed by atoms with Crippen molar-refractivity contribution < 1.29 is 4.79 Å². The van der Waals surface area contributed by atoms with E-state index in [-0.39, 0.29) is 11.9 Å². The summed E-state index contributed by atoms with van der Waals surface area (Å²) in [7, 11) is 0. The molecule has 0 aliphatic rings. The van der Waals surface area contributed by atoms with Crippen LogP contribution in [0.25, 0.3) is 11.0 Å². The van der Waals surface area contributed by atoms with Gasteiger partial charge < -0.3 is 9.88 Å². The third-order valence-corrected chi connectivity index (χ3v) is 5.62. The summed E-state index contributed by atoms with van der Waals surface area (Å²) in [6, 6.07) is 23.6. The standard InChI is InChI=1S/C25H24ClN3O/c1-3-22(19-7-5-4-6-8-19)28-25(30)20-11-14-24-23(15-20)27-17(2)29(24)16-18-9-12-21(26)13-10-18/h4-15,22H,3,16H2,1-2H3,(H,28,30)/t22-/m1/s1. The number of aryl methyl sites for hydroxylation is 1. The van der Waals surface area contributed by atoms with E-state index in [1.807, 2.05) is 79.7 Å². The minimum absolute atomic E-state index is 0.0152. The van der Waals surface area contributed by atoms with Crippen LogP contribution in [0, 0.1) is 6.92 Å². The highest BCUT2D eigenvalue weighted by Crippen LogP contribution is 2.22. The van der Waals surface area contributed by atoms with Gasteiger partial charge in [-0.1, -0.05) is 61.0 Å². The number of carbonyl (C=O) groups is 1. The molecule has 5 heteroatoms. The van der Waals surface area contributed by atoms with Gasteiger partial charge in [0, 0.05) is 17.1 Å². The second-order valence-corrected chi connectivity index (χ2v) is 7.86. The molecular formula is C25H24ClN3O. The number of halogens is 1. The first-order chi connectivity index (χ1) is 14.5. The van der Waals surface area contributed by atoms with Crippen LogP contribution in [0.3, 0.4) is 0 Å². The van der Waals surface area contributed by atoms with E-state index in [2.05, 4.69) is 21.8 Å². The van der Waals surface area contributed by atoms with Crippen molar-refractivity contribution in [2.75, 3.05) is 0 Å². The summed E-state index contributed by atoms with van der Waals surface area (Å²) < 4.78 is 2.15. The Hall–Kier alpha value is -3.11. The molecule has 0 bridgehead atoms. The minimum atomic E-state index is -0.0856. The smallest absolute Gasteiger partial charge is 0.251 e. The molecule has 0 unspecified atom stereocenters. The summed E-state index contributed by atoms with van der Waals surface area (Å²) >= 11 is 6.00. The van der Waals surface area contributed by atoms with Crippen molar-refractivity contribution >= 4 is 28.5 Å². The lowest BCUT2D eigenvalue weighted by Crippen LogP contribution is -2.28. The molecule has 0 spiro atoms. The van der Waals surface area contributed by atoms with Crippen LogP contribution in [0.5, 0.6) is 0 Å². The molecule has 4 nitrogen and oxygen atoms in total. The van der Waals surface area contributed by atoms with Crippen LogP contribution in [0.4, 0.5) is 0 Å². The largest absolute Gasteiger partial charge is 0.345 e. The van der Waals surface area contributed by atoms with Crippen LogP contribution in [0.1, 0.15) is 46.7 Å². The predicted octanol–water partition coefficient (Wildman–Crippen LogP) is 5.93. The second kappa shape index (κ2) is 8.72. The molecule has 1 amide bonds. The van der Waals surface area contributed by atoms with Crippen molar-refractivity contribution in [2.45, 2.75) is 32.9 Å².